The summed E-state index contributed by atoms with van der Waals surface area (Å²) in [6.07, 6.45) is 5.11. The van der Waals surface area contributed by atoms with Gasteiger partial charge in [-0.15, -0.1) is 0 Å². The lowest BCUT2D eigenvalue weighted by Gasteiger charge is -2.06. The molecule has 0 aromatic carbocycles. The third-order valence-corrected chi connectivity index (χ3v) is 2.14. The molecule has 1 rings (SSSR count). The Morgan fingerprint density at radius 2 is 2.10 bits per heavy atom. The van der Waals surface area contributed by atoms with E-state index in [0.717, 1.165) is 6.54 Å². The average Bonchev–Trinajstić information content (AvgIpc) is 2.34. The fraction of sp³-hybridized carbons (Fsp3) is 0.857. The lowest BCUT2D eigenvalue weighted by Crippen LogP contribution is -2.23. The van der Waals surface area contributed by atoms with Crippen LogP contribution >= 0.6 is 11.6 Å². The van der Waals surface area contributed by atoms with Gasteiger partial charge in [-0.2, -0.15) is 0 Å². The van der Waals surface area contributed by atoms with E-state index in [2.05, 4.69) is 5.32 Å². The summed E-state index contributed by atoms with van der Waals surface area (Å²) in [7, 11) is 0. The SMILES string of the molecule is O=C(Cl)NCC1CCCC1. The largest absolute Gasteiger partial charge is 0.342 e. The second-order valence-electron chi connectivity index (χ2n) is 2.81. The summed E-state index contributed by atoms with van der Waals surface area (Å²) in [5.41, 5.74) is 0. The van der Waals surface area contributed by atoms with E-state index in [9.17, 15) is 4.79 Å². The maximum Gasteiger partial charge on any atom is 0.313 e. The smallest absolute Gasteiger partial charge is 0.313 e. The Balaban J connectivity index is 2.07. The first-order chi connectivity index (χ1) is 4.79. The van der Waals surface area contributed by atoms with Gasteiger partial charge in [-0.3, -0.25) is 4.79 Å². The van der Waals surface area contributed by atoms with Crippen molar-refractivity contribution >= 4 is 17.0 Å². The van der Waals surface area contributed by atoms with Crippen molar-refractivity contribution in [2.45, 2.75) is 25.7 Å². The minimum atomic E-state index is -0.424. The predicted molar refractivity (Wildman–Crippen MR) is 41.2 cm³/mol. The van der Waals surface area contributed by atoms with Crippen molar-refractivity contribution < 1.29 is 4.79 Å². The van der Waals surface area contributed by atoms with Crippen LogP contribution in [0.2, 0.25) is 0 Å². The monoisotopic (exact) mass is 161 g/mol. The summed E-state index contributed by atoms with van der Waals surface area (Å²) < 4.78 is 0. The van der Waals surface area contributed by atoms with Gasteiger partial charge in [-0.05, 0) is 30.4 Å². The van der Waals surface area contributed by atoms with Crippen LogP contribution in [-0.4, -0.2) is 11.9 Å². The van der Waals surface area contributed by atoms with Crippen LogP contribution in [0.5, 0.6) is 0 Å². The summed E-state index contributed by atoms with van der Waals surface area (Å²) in [6.45, 7) is 0.766. The van der Waals surface area contributed by atoms with Gasteiger partial charge in [-0.1, -0.05) is 12.8 Å². The van der Waals surface area contributed by atoms with Crippen LogP contribution < -0.4 is 5.32 Å². The maximum absolute atomic E-state index is 10.3. The molecule has 3 heteroatoms. The van der Waals surface area contributed by atoms with Gasteiger partial charge in [0.2, 0.25) is 0 Å². The third-order valence-electron chi connectivity index (χ3n) is 2.00. The normalized spacial score (nSPS) is 19.3. The first kappa shape index (κ1) is 7.86. The van der Waals surface area contributed by atoms with Gasteiger partial charge in [0.25, 0.3) is 0 Å². The molecule has 0 aromatic rings. The van der Waals surface area contributed by atoms with E-state index in [1.165, 1.54) is 25.7 Å². The average molecular weight is 162 g/mol. The van der Waals surface area contributed by atoms with Gasteiger partial charge in [0.05, 0.1) is 0 Å². The molecule has 0 heterocycles. The summed E-state index contributed by atoms with van der Waals surface area (Å²) in [5, 5.41) is 2.19. The van der Waals surface area contributed by atoms with E-state index in [1.807, 2.05) is 0 Å². The Hall–Kier alpha value is -0.240. The molecule has 0 bridgehead atoms. The van der Waals surface area contributed by atoms with Crippen LogP contribution in [0, 0.1) is 5.92 Å². The first-order valence-electron chi connectivity index (χ1n) is 3.72. The quantitative estimate of drug-likeness (QED) is 0.488. The molecule has 58 valence electrons. The molecule has 0 spiro atoms. The number of amides is 1. The summed E-state index contributed by atoms with van der Waals surface area (Å²) in [5.74, 6) is 0.683. The van der Waals surface area contributed by atoms with Gasteiger partial charge in [0, 0.05) is 6.54 Å². The molecule has 1 N–H and O–H groups in total. The number of hydrogen-bond acceptors (Lipinski definition) is 1. The summed E-state index contributed by atoms with van der Waals surface area (Å²) in [6, 6.07) is 0. The Morgan fingerprint density at radius 1 is 1.50 bits per heavy atom. The van der Waals surface area contributed by atoms with Gasteiger partial charge in [-0.25, -0.2) is 0 Å². The molecule has 1 amide bonds. The molecule has 0 saturated heterocycles. The van der Waals surface area contributed by atoms with Crippen LogP contribution in [0.3, 0.4) is 0 Å². The van der Waals surface area contributed by atoms with E-state index < -0.39 is 5.37 Å². The second kappa shape index (κ2) is 3.81. The van der Waals surface area contributed by atoms with E-state index in [-0.39, 0.29) is 0 Å². The van der Waals surface area contributed by atoms with Crippen LogP contribution in [0.1, 0.15) is 25.7 Å². The molecule has 1 aliphatic carbocycles. The van der Waals surface area contributed by atoms with Gasteiger partial charge in [0.15, 0.2) is 0 Å². The maximum atomic E-state index is 10.3. The number of hydrogen-bond donors (Lipinski definition) is 1. The van der Waals surface area contributed by atoms with Crippen LogP contribution in [-0.2, 0) is 0 Å². The molecule has 0 aromatic heterocycles. The highest BCUT2D eigenvalue weighted by Crippen LogP contribution is 2.23. The topological polar surface area (TPSA) is 29.1 Å². The van der Waals surface area contributed by atoms with Crippen molar-refractivity contribution in [3.05, 3.63) is 0 Å². The predicted octanol–water partition coefficient (Wildman–Crippen LogP) is 2.12. The zero-order valence-electron chi connectivity index (χ0n) is 5.90. The highest BCUT2D eigenvalue weighted by Gasteiger charge is 2.14. The molecule has 0 atom stereocenters. The van der Waals surface area contributed by atoms with Crippen molar-refractivity contribution in [3.8, 4) is 0 Å². The molecule has 0 aliphatic heterocycles. The Labute approximate surface area is 65.9 Å². The zero-order valence-corrected chi connectivity index (χ0v) is 6.66. The number of halogens is 1. The number of carbonyl (C=O) groups is 1. The fourth-order valence-electron chi connectivity index (χ4n) is 1.44. The van der Waals surface area contributed by atoms with Gasteiger partial charge < -0.3 is 5.32 Å². The summed E-state index contributed by atoms with van der Waals surface area (Å²) in [4.78, 5) is 10.3. The molecule has 1 aliphatic rings. The van der Waals surface area contributed by atoms with Gasteiger partial charge in [0.1, 0.15) is 0 Å². The van der Waals surface area contributed by atoms with E-state index in [1.54, 1.807) is 0 Å². The molecule has 0 radical (unpaired) electrons. The molecular weight excluding hydrogens is 150 g/mol. The third kappa shape index (κ3) is 2.56. The van der Waals surface area contributed by atoms with E-state index in [4.69, 9.17) is 11.6 Å². The van der Waals surface area contributed by atoms with Crippen LogP contribution in [0.4, 0.5) is 4.79 Å². The zero-order chi connectivity index (χ0) is 7.40. The minimum absolute atomic E-state index is 0.424. The van der Waals surface area contributed by atoms with Crippen molar-refractivity contribution in [3.63, 3.8) is 0 Å². The van der Waals surface area contributed by atoms with Crippen molar-refractivity contribution in [1.29, 1.82) is 0 Å². The fourth-order valence-corrected chi connectivity index (χ4v) is 1.52. The Bertz CT molecular complexity index is 121. The molecule has 1 saturated carbocycles. The molecule has 2 nitrogen and oxygen atoms in total. The van der Waals surface area contributed by atoms with Crippen LogP contribution in [0.25, 0.3) is 0 Å². The number of rotatable bonds is 2. The van der Waals surface area contributed by atoms with Crippen molar-refractivity contribution in [2.24, 2.45) is 5.92 Å². The van der Waals surface area contributed by atoms with Crippen molar-refractivity contribution in [2.75, 3.05) is 6.54 Å². The Kier molecular flexibility index (Phi) is 3.00. The lowest BCUT2D eigenvalue weighted by atomic mass is 10.1. The standard InChI is InChI=1S/C7H12ClNO/c8-7(10)9-5-6-3-1-2-4-6/h6H,1-5H2,(H,9,10). The Morgan fingerprint density at radius 3 is 2.60 bits per heavy atom. The van der Waals surface area contributed by atoms with E-state index in [0.29, 0.717) is 5.92 Å². The molecule has 0 unspecified atom stereocenters. The molecular formula is C7H12ClNO. The second-order valence-corrected chi connectivity index (χ2v) is 3.15. The van der Waals surface area contributed by atoms with E-state index >= 15 is 0 Å². The van der Waals surface area contributed by atoms with Crippen molar-refractivity contribution in [1.82, 2.24) is 5.32 Å². The highest BCUT2D eigenvalue weighted by molar-refractivity contribution is 6.62. The van der Waals surface area contributed by atoms with Gasteiger partial charge >= 0.3 is 5.37 Å². The highest BCUT2D eigenvalue weighted by atomic mass is 35.5. The summed E-state index contributed by atoms with van der Waals surface area (Å²) >= 11 is 5.11. The minimum Gasteiger partial charge on any atom is -0.342 e. The lowest BCUT2D eigenvalue weighted by molar-refractivity contribution is 0.258. The molecule has 10 heavy (non-hydrogen) atoms. The first-order valence-corrected chi connectivity index (χ1v) is 4.10. The number of nitrogens with one attached hydrogen (secondary N) is 1. The molecule has 1 fully saturated rings. The van der Waals surface area contributed by atoms with Crippen LogP contribution in [0.15, 0.2) is 0 Å². The number of carbonyl (C=O) groups excluding carboxylic acids is 1.